The van der Waals surface area contributed by atoms with Gasteiger partial charge in [-0.05, 0) is 74.2 Å². The predicted octanol–water partition coefficient (Wildman–Crippen LogP) is 7.41. The maximum atomic E-state index is 14.0. The van der Waals surface area contributed by atoms with Gasteiger partial charge in [0, 0.05) is 62.2 Å². The molecule has 2 aromatic rings. The molecule has 0 aliphatic carbocycles. The number of hydrogen-bond acceptors (Lipinski definition) is 8. The van der Waals surface area contributed by atoms with Crippen molar-refractivity contribution >= 4 is 36.4 Å². The second-order valence-electron chi connectivity index (χ2n) is 12.7. The highest BCUT2D eigenvalue weighted by Crippen LogP contribution is 2.25. The van der Waals surface area contributed by atoms with E-state index < -0.39 is 0 Å². The number of hydrogen-bond donors (Lipinski definition) is 0. The quantitative estimate of drug-likeness (QED) is 0.0981. The number of halogens is 2. The molecule has 2 aliphatic rings. The molecule has 0 saturated carbocycles. The van der Waals surface area contributed by atoms with Gasteiger partial charge in [0.15, 0.2) is 11.6 Å². The van der Waals surface area contributed by atoms with E-state index in [1.165, 1.54) is 0 Å². The van der Waals surface area contributed by atoms with Gasteiger partial charge >= 0.3 is 0 Å². The zero-order valence-electron chi connectivity index (χ0n) is 29.1. The number of ether oxygens (including phenoxy) is 4. The zero-order chi connectivity index (χ0) is 32.4. The minimum atomic E-state index is -0.215. The largest absolute Gasteiger partial charge is 0.494 e. The van der Waals surface area contributed by atoms with Gasteiger partial charge in [-0.2, -0.15) is 0 Å². The van der Waals surface area contributed by atoms with Crippen LogP contribution in [0.5, 0.6) is 11.5 Å². The van der Waals surface area contributed by atoms with Crippen molar-refractivity contribution in [1.82, 2.24) is 9.80 Å². The second kappa shape index (κ2) is 24.0. The summed E-state index contributed by atoms with van der Waals surface area (Å²) >= 11 is 0. The van der Waals surface area contributed by atoms with Crippen LogP contribution in [0.4, 0.5) is 0 Å². The van der Waals surface area contributed by atoms with Crippen LogP contribution in [0.25, 0.3) is 0 Å². The number of nitrogens with zero attached hydrogens (tertiary/aromatic N) is 2. The number of rotatable bonds is 21. The van der Waals surface area contributed by atoms with Crippen LogP contribution in [-0.4, -0.2) is 100 Å². The van der Waals surface area contributed by atoms with Crippen LogP contribution in [0, 0.1) is 11.8 Å². The summed E-state index contributed by atoms with van der Waals surface area (Å²) in [4.78, 5) is 32.7. The van der Waals surface area contributed by atoms with E-state index in [1.807, 2.05) is 48.5 Å². The van der Waals surface area contributed by atoms with E-state index in [0.29, 0.717) is 76.7 Å². The van der Waals surface area contributed by atoms with Crippen LogP contribution in [0.3, 0.4) is 0 Å². The van der Waals surface area contributed by atoms with Crippen molar-refractivity contribution in [1.29, 1.82) is 0 Å². The monoisotopic (exact) mass is 708 g/mol. The molecule has 270 valence electrons. The summed E-state index contributed by atoms with van der Waals surface area (Å²) in [5, 5.41) is 0. The average Bonchev–Trinajstić information content (AvgIpc) is 3.10. The number of Topliss-reactive ketones (excluding diaryl/α,β-unsaturated/α-hetero) is 2. The van der Waals surface area contributed by atoms with Gasteiger partial charge in [0.05, 0.1) is 39.6 Å². The van der Waals surface area contributed by atoms with Gasteiger partial charge in [0.25, 0.3) is 0 Å². The molecule has 2 atom stereocenters. The molecule has 2 fully saturated rings. The third-order valence-corrected chi connectivity index (χ3v) is 9.08. The summed E-state index contributed by atoms with van der Waals surface area (Å²) in [5.74, 6) is 1.43. The maximum Gasteiger partial charge on any atom is 0.167 e. The van der Waals surface area contributed by atoms with E-state index in [2.05, 4.69) is 23.6 Å². The first-order valence-corrected chi connectivity index (χ1v) is 17.7. The third-order valence-electron chi connectivity index (χ3n) is 9.08. The lowest BCUT2D eigenvalue weighted by molar-refractivity contribution is 0.0254. The molecule has 2 aliphatic heterocycles. The highest BCUT2D eigenvalue weighted by Gasteiger charge is 2.29. The lowest BCUT2D eigenvalue weighted by Crippen LogP contribution is -2.42. The van der Waals surface area contributed by atoms with Gasteiger partial charge in [0.1, 0.15) is 11.5 Å². The number of benzene rings is 2. The van der Waals surface area contributed by atoms with Crippen LogP contribution < -0.4 is 9.47 Å². The smallest absolute Gasteiger partial charge is 0.167 e. The van der Waals surface area contributed by atoms with Crippen molar-refractivity contribution in [3.63, 3.8) is 0 Å². The van der Waals surface area contributed by atoms with Crippen molar-refractivity contribution in [2.45, 2.75) is 65.2 Å². The number of carbonyl (C=O) groups excluding carboxylic acids is 2. The Morgan fingerprint density at radius 1 is 0.604 bits per heavy atom. The zero-order valence-corrected chi connectivity index (χ0v) is 30.7. The van der Waals surface area contributed by atoms with E-state index in [1.54, 1.807) is 0 Å². The molecule has 0 amide bonds. The molecular weight excluding hydrogens is 651 g/mol. The number of ketones is 2. The Bertz CT molecular complexity index is 1060. The van der Waals surface area contributed by atoms with E-state index in [-0.39, 0.29) is 48.2 Å². The fraction of sp³-hybridized carbons (Fsp3) is 0.632. The lowest BCUT2D eigenvalue weighted by atomic mass is 9.86. The number of morpholine rings is 2. The number of unbranched alkanes of at least 4 members (excludes halogenated alkanes) is 4. The first kappa shape index (κ1) is 42.0. The van der Waals surface area contributed by atoms with E-state index >= 15 is 0 Å². The summed E-state index contributed by atoms with van der Waals surface area (Å²) in [6, 6.07) is 15.2. The Balaban J connectivity index is 0.00000400. The Hall–Kier alpha value is -2.20. The van der Waals surface area contributed by atoms with E-state index in [9.17, 15) is 9.59 Å². The molecule has 0 N–H and O–H groups in total. The molecule has 4 rings (SSSR count). The van der Waals surface area contributed by atoms with Gasteiger partial charge < -0.3 is 18.9 Å². The number of carbonyl (C=O) groups is 2. The molecule has 0 bridgehead atoms. The predicted molar refractivity (Wildman–Crippen MR) is 197 cm³/mol. The van der Waals surface area contributed by atoms with Gasteiger partial charge in [-0.3, -0.25) is 19.4 Å². The molecule has 0 spiro atoms. The summed E-state index contributed by atoms with van der Waals surface area (Å²) in [6.45, 7) is 13.1. The van der Waals surface area contributed by atoms with Crippen LogP contribution in [0.1, 0.15) is 85.9 Å². The SMILES string of the molecule is CCCCCOc1ccc(C(=O)C(CCC(CN2CCOCC2)C(=O)c2ccc(OCCCCC)cc2)CN2CCOCC2)cc1.Cl.Cl. The molecule has 2 aromatic carbocycles. The van der Waals surface area contributed by atoms with Crippen molar-refractivity contribution in [2.75, 3.05) is 78.9 Å². The minimum Gasteiger partial charge on any atom is -0.494 e. The minimum absolute atomic E-state index is 0. The summed E-state index contributed by atoms with van der Waals surface area (Å²) in [5.41, 5.74) is 1.40. The standard InChI is InChI=1S/C38H56N2O6.2ClH/c1-3-5-7-23-45-35-15-11-31(12-16-35)37(41)33(29-39-19-25-43-26-20-39)9-10-34(30-40-21-27-44-28-22-40)38(42)32-13-17-36(18-14-32)46-24-8-6-4-2;;/h11-18,33-34H,3-10,19-30H2,1-2H3;2*1H. The van der Waals surface area contributed by atoms with Crippen molar-refractivity contribution in [2.24, 2.45) is 11.8 Å². The molecule has 48 heavy (non-hydrogen) atoms. The summed E-state index contributed by atoms with van der Waals surface area (Å²) < 4.78 is 22.9. The Morgan fingerprint density at radius 2 is 0.958 bits per heavy atom. The Kier molecular flexibility index (Phi) is 21.0. The fourth-order valence-electron chi connectivity index (χ4n) is 6.19. The summed E-state index contributed by atoms with van der Waals surface area (Å²) in [6.07, 6.45) is 7.94. The normalized spacial score (nSPS) is 16.6. The van der Waals surface area contributed by atoms with Gasteiger partial charge in [-0.15, -0.1) is 24.8 Å². The second-order valence-corrected chi connectivity index (χ2v) is 12.7. The van der Waals surface area contributed by atoms with Crippen molar-refractivity contribution < 1.29 is 28.5 Å². The van der Waals surface area contributed by atoms with E-state index in [4.69, 9.17) is 18.9 Å². The topological polar surface area (TPSA) is 77.5 Å². The first-order valence-electron chi connectivity index (χ1n) is 17.7. The molecule has 2 heterocycles. The Labute approximate surface area is 301 Å². The maximum absolute atomic E-state index is 14.0. The van der Waals surface area contributed by atoms with Gasteiger partial charge in [-0.25, -0.2) is 0 Å². The van der Waals surface area contributed by atoms with Gasteiger partial charge in [0.2, 0.25) is 0 Å². The van der Waals surface area contributed by atoms with Crippen LogP contribution >= 0.6 is 24.8 Å². The van der Waals surface area contributed by atoms with Crippen LogP contribution in [0.2, 0.25) is 0 Å². The van der Waals surface area contributed by atoms with Crippen LogP contribution in [-0.2, 0) is 9.47 Å². The van der Waals surface area contributed by atoms with Gasteiger partial charge in [-0.1, -0.05) is 39.5 Å². The molecule has 8 nitrogen and oxygen atoms in total. The molecule has 2 unspecified atom stereocenters. The molecular formula is C38H58Cl2N2O6. The molecule has 0 radical (unpaired) electrons. The average molecular weight is 710 g/mol. The lowest BCUT2D eigenvalue weighted by Gasteiger charge is -2.32. The fourth-order valence-corrected chi connectivity index (χ4v) is 6.19. The molecule has 10 heteroatoms. The van der Waals surface area contributed by atoms with E-state index in [0.717, 1.165) is 76.2 Å². The van der Waals surface area contributed by atoms with Crippen molar-refractivity contribution in [3.8, 4) is 11.5 Å². The van der Waals surface area contributed by atoms with Crippen molar-refractivity contribution in [3.05, 3.63) is 59.7 Å². The van der Waals surface area contributed by atoms with Crippen LogP contribution in [0.15, 0.2) is 48.5 Å². The summed E-state index contributed by atoms with van der Waals surface area (Å²) in [7, 11) is 0. The first-order chi connectivity index (χ1) is 22.6. The third kappa shape index (κ3) is 14.3. The molecule has 0 aromatic heterocycles. The molecule has 2 saturated heterocycles. The highest BCUT2D eigenvalue weighted by molar-refractivity contribution is 5.99. The Morgan fingerprint density at radius 3 is 1.29 bits per heavy atom. The highest BCUT2D eigenvalue weighted by atomic mass is 35.5.